The van der Waals surface area contributed by atoms with E-state index >= 15 is 0 Å². The van der Waals surface area contributed by atoms with Crippen LogP contribution in [0.4, 0.5) is 4.39 Å². The molecule has 1 amide bonds. The number of hydrogen-bond acceptors (Lipinski definition) is 3. The van der Waals surface area contributed by atoms with E-state index in [1.54, 1.807) is 25.2 Å². The van der Waals surface area contributed by atoms with E-state index in [9.17, 15) is 9.18 Å². The number of likely N-dealkylation sites (N-methyl/N-ethyl adjacent to an activating group) is 1. The fourth-order valence-electron chi connectivity index (χ4n) is 2.28. The first-order chi connectivity index (χ1) is 9.03. The number of carbonyl (C=O) groups excluding carboxylic acids is 1. The zero-order chi connectivity index (χ0) is 13.9. The van der Waals surface area contributed by atoms with Gasteiger partial charge < -0.3 is 15.4 Å². The minimum absolute atomic E-state index is 0. The smallest absolute Gasteiger partial charge is 0.242 e. The topological polar surface area (TPSA) is 55.6 Å². The highest BCUT2D eigenvalue weighted by atomic mass is 35.5. The van der Waals surface area contributed by atoms with Crippen molar-refractivity contribution < 1.29 is 13.9 Å². The van der Waals surface area contributed by atoms with Gasteiger partial charge in [-0.2, -0.15) is 0 Å². The molecule has 1 aromatic rings. The molecule has 0 unspecified atom stereocenters. The van der Waals surface area contributed by atoms with Crippen molar-refractivity contribution in [3.8, 4) is 0 Å². The number of rotatable bonds is 3. The van der Waals surface area contributed by atoms with Crippen molar-refractivity contribution in [3.63, 3.8) is 0 Å². The minimum atomic E-state index is -0.877. The molecule has 0 bridgehead atoms. The van der Waals surface area contributed by atoms with Crippen LogP contribution in [0.25, 0.3) is 0 Å². The number of amides is 1. The molecule has 1 saturated heterocycles. The number of halogens is 2. The summed E-state index contributed by atoms with van der Waals surface area (Å²) in [7, 11) is 1.65. The van der Waals surface area contributed by atoms with Crippen LogP contribution in [0.3, 0.4) is 0 Å². The predicted molar refractivity (Wildman–Crippen MR) is 77.1 cm³/mol. The highest BCUT2D eigenvalue weighted by molar-refractivity contribution is 5.86. The summed E-state index contributed by atoms with van der Waals surface area (Å²) < 4.78 is 18.8. The highest BCUT2D eigenvalue weighted by Crippen LogP contribution is 2.21. The molecular weight excluding hydrogens is 283 g/mol. The van der Waals surface area contributed by atoms with Crippen molar-refractivity contribution in [1.82, 2.24) is 4.90 Å². The Morgan fingerprint density at radius 1 is 1.40 bits per heavy atom. The van der Waals surface area contributed by atoms with Crippen LogP contribution in [0.1, 0.15) is 18.4 Å². The second-order valence-corrected chi connectivity index (χ2v) is 5.02. The number of carbonyl (C=O) groups is 1. The van der Waals surface area contributed by atoms with E-state index in [0.717, 1.165) is 0 Å². The molecule has 0 aromatic heterocycles. The predicted octanol–water partition coefficient (Wildman–Crippen LogP) is 1.71. The molecule has 0 aliphatic carbocycles. The van der Waals surface area contributed by atoms with Gasteiger partial charge in [-0.25, -0.2) is 4.39 Å². The third-order valence-corrected chi connectivity index (χ3v) is 3.52. The van der Waals surface area contributed by atoms with Gasteiger partial charge in [-0.3, -0.25) is 4.79 Å². The maximum atomic E-state index is 13.6. The second-order valence-electron chi connectivity index (χ2n) is 5.02. The van der Waals surface area contributed by atoms with Gasteiger partial charge in [0.1, 0.15) is 5.82 Å². The van der Waals surface area contributed by atoms with Gasteiger partial charge in [0.15, 0.2) is 0 Å². The molecule has 1 aromatic carbocycles. The van der Waals surface area contributed by atoms with E-state index in [0.29, 0.717) is 31.6 Å². The Morgan fingerprint density at radius 3 is 2.60 bits per heavy atom. The maximum absolute atomic E-state index is 13.6. The van der Waals surface area contributed by atoms with Gasteiger partial charge in [0, 0.05) is 32.4 Å². The van der Waals surface area contributed by atoms with E-state index < -0.39 is 5.54 Å². The second kappa shape index (κ2) is 7.02. The molecule has 4 nitrogen and oxygen atoms in total. The zero-order valence-electron chi connectivity index (χ0n) is 11.5. The van der Waals surface area contributed by atoms with Crippen molar-refractivity contribution >= 4 is 18.3 Å². The van der Waals surface area contributed by atoms with Gasteiger partial charge in [-0.05, 0) is 18.9 Å². The standard InChI is InChI=1S/C14H19FN2O2.ClH/c1-17(10-11-4-2-3-5-12(11)15)13(18)14(16)6-8-19-9-7-14;/h2-5H,6-10,16H2,1H3;1H. The lowest BCUT2D eigenvalue weighted by atomic mass is 9.89. The van der Waals surface area contributed by atoms with Gasteiger partial charge in [0.2, 0.25) is 5.91 Å². The number of ether oxygens (including phenoxy) is 1. The Labute approximate surface area is 124 Å². The molecule has 1 fully saturated rings. The van der Waals surface area contributed by atoms with E-state index in [1.807, 2.05) is 0 Å². The van der Waals surface area contributed by atoms with Crippen molar-refractivity contribution in [2.24, 2.45) is 5.73 Å². The number of nitrogens with zero attached hydrogens (tertiary/aromatic N) is 1. The number of hydrogen-bond donors (Lipinski definition) is 1. The molecule has 0 radical (unpaired) electrons. The van der Waals surface area contributed by atoms with Crippen LogP contribution in [0, 0.1) is 5.82 Å². The van der Waals surface area contributed by atoms with Crippen LogP contribution < -0.4 is 5.73 Å². The van der Waals surface area contributed by atoms with Crippen LogP contribution in [0.15, 0.2) is 24.3 Å². The molecule has 2 N–H and O–H groups in total. The lowest BCUT2D eigenvalue weighted by molar-refractivity contribution is -0.139. The van der Waals surface area contributed by atoms with Gasteiger partial charge in [0.25, 0.3) is 0 Å². The van der Waals surface area contributed by atoms with Gasteiger partial charge in [0.05, 0.1) is 5.54 Å². The van der Waals surface area contributed by atoms with Crippen LogP contribution in [-0.2, 0) is 16.1 Å². The summed E-state index contributed by atoms with van der Waals surface area (Å²) in [5.41, 5.74) is 5.75. The molecule has 20 heavy (non-hydrogen) atoms. The monoisotopic (exact) mass is 302 g/mol. The van der Waals surface area contributed by atoms with Crippen molar-refractivity contribution in [2.75, 3.05) is 20.3 Å². The summed E-state index contributed by atoms with van der Waals surface area (Å²) in [4.78, 5) is 13.8. The fraction of sp³-hybridized carbons (Fsp3) is 0.500. The van der Waals surface area contributed by atoms with Gasteiger partial charge >= 0.3 is 0 Å². The summed E-state index contributed by atoms with van der Waals surface area (Å²) in [5, 5.41) is 0. The first-order valence-corrected chi connectivity index (χ1v) is 6.38. The van der Waals surface area contributed by atoms with Gasteiger partial charge in [-0.15, -0.1) is 12.4 Å². The van der Waals surface area contributed by atoms with Gasteiger partial charge in [-0.1, -0.05) is 18.2 Å². The third-order valence-electron chi connectivity index (χ3n) is 3.52. The molecule has 0 spiro atoms. The maximum Gasteiger partial charge on any atom is 0.242 e. The van der Waals surface area contributed by atoms with Crippen LogP contribution >= 0.6 is 12.4 Å². The Bertz CT molecular complexity index is 464. The minimum Gasteiger partial charge on any atom is -0.381 e. The average molecular weight is 303 g/mol. The molecular formula is C14H20ClFN2O2. The Balaban J connectivity index is 0.00000200. The fourth-order valence-corrected chi connectivity index (χ4v) is 2.28. The van der Waals surface area contributed by atoms with Crippen LogP contribution in [0.2, 0.25) is 0 Å². The van der Waals surface area contributed by atoms with Crippen molar-refractivity contribution in [1.29, 1.82) is 0 Å². The SMILES string of the molecule is CN(Cc1ccccc1F)C(=O)C1(N)CCOCC1.Cl. The molecule has 112 valence electrons. The van der Waals surface area contributed by atoms with E-state index in [4.69, 9.17) is 10.5 Å². The third kappa shape index (κ3) is 3.69. The quantitative estimate of drug-likeness (QED) is 0.925. The Morgan fingerprint density at radius 2 is 2.00 bits per heavy atom. The first-order valence-electron chi connectivity index (χ1n) is 6.38. The molecule has 1 aliphatic rings. The molecule has 6 heteroatoms. The van der Waals surface area contributed by atoms with Crippen molar-refractivity contribution in [2.45, 2.75) is 24.9 Å². The average Bonchev–Trinajstić information content (AvgIpc) is 2.41. The summed E-state index contributed by atoms with van der Waals surface area (Å²) in [6, 6.07) is 6.44. The Kier molecular flexibility index (Phi) is 5.92. The van der Waals surface area contributed by atoms with Crippen LogP contribution in [0.5, 0.6) is 0 Å². The molecule has 0 saturated carbocycles. The van der Waals surface area contributed by atoms with Crippen LogP contribution in [-0.4, -0.2) is 36.6 Å². The molecule has 2 rings (SSSR count). The summed E-state index contributed by atoms with van der Waals surface area (Å²) in [6.45, 7) is 1.22. The largest absolute Gasteiger partial charge is 0.381 e. The summed E-state index contributed by atoms with van der Waals surface area (Å²) in [6.07, 6.45) is 1.01. The Hall–Kier alpha value is -1.17. The number of nitrogens with two attached hydrogens (primary N) is 1. The van der Waals surface area contributed by atoms with E-state index in [1.165, 1.54) is 11.0 Å². The lowest BCUT2D eigenvalue weighted by Crippen LogP contribution is -2.57. The molecule has 1 heterocycles. The highest BCUT2D eigenvalue weighted by Gasteiger charge is 2.37. The summed E-state index contributed by atoms with van der Waals surface area (Å²) in [5.74, 6) is -0.459. The van der Waals surface area contributed by atoms with E-state index in [-0.39, 0.29) is 30.7 Å². The lowest BCUT2D eigenvalue weighted by Gasteiger charge is -2.35. The summed E-state index contributed by atoms with van der Waals surface area (Å²) >= 11 is 0. The normalized spacial score (nSPS) is 17.1. The first kappa shape index (κ1) is 16.9. The van der Waals surface area contributed by atoms with Crippen molar-refractivity contribution in [3.05, 3.63) is 35.6 Å². The number of benzene rings is 1. The van der Waals surface area contributed by atoms with E-state index in [2.05, 4.69) is 0 Å². The zero-order valence-corrected chi connectivity index (χ0v) is 12.3. The molecule has 0 atom stereocenters. The molecule has 1 aliphatic heterocycles.